The van der Waals surface area contributed by atoms with Gasteiger partial charge in [-0.05, 0) is 0 Å². The van der Waals surface area contributed by atoms with Gasteiger partial charge < -0.3 is 0 Å². The number of hydrazine groups is 1. The van der Waals surface area contributed by atoms with Crippen LogP contribution in [0, 0.1) is 0 Å². The van der Waals surface area contributed by atoms with Gasteiger partial charge in [-0.15, -0.1) is 20.4 Å². The average molecular weight is 179 g/mol. The van der Waals surface area contributed by atoms with Crippen molar-refractivity contribution in [1.82, 2.24) is 35.6 Å². The van der Waals surface area contributed by atoms with Crippen LogP contribution < -0.4 is 11.3 Å². The Morgan fingerprint density at radius 3 is 2.46 bits per heavy atom. The molecule has 13 heavy (non-hydrogen) atoms. The van der Waals surface area contributed by atoms with Gasteiger partial charge in [0.25, 0.3) is 5.95 Å². The normalized spacial score (nSPS) is 9.92. The van der Waals surface area contributed by atoms with E-state index >= 15 is 0 Å². The summed E-state index contributed by atoms with van der Waals surface area (Å²) in [5, 5.41) is 20.8. The molecule has 9 nitrogen and oxygen atoms in total. The molecular weight excluding hydrogens is 174 g/mol. The predicted molar refractivity (Wildman–Crippen MR) is 40.8 cm³/mol. The number of anilines is 1. The molecule has 2 aromatic heterocycles. The molecule has 9 heteroatoms. The fourth-order valence-electron chi connectivity index (χ4n) is 0.693. The standard InChI is InChI=1S/C4H5N9/c5-8-4-12-10-3(11-13-4)2-6-1-7-9-2/h1H,5H2,(H,6,7,9)(H,8,12,13). The Bertz CT molecular complexity index is 363. The first-order valence-corrected chi connectivity index (χ1v) is 3.30. The van der Waals surface area contributed by atoms with Crippen molar-refractivity contribution in [2.24, 2.45) is 5.84 Å². The summed E-state index contributed by atoms with van der Waals surface area (Å²) < 4.78 is 0. The molecule has 0 amide bonds. The van der Waals surface area contributed by atoms with Gasteiger partial charge in [0.1, 0.15) is 6.33 Å². The third-order valence-electron chi connectivity index (χ3n) is 1.22. The van der Waals surface area contributed by atoms with Crippen molar-refractivity contribution < 1.29 is 0 Å². The van der Waals surface area contributed by atoms with Crippen molar-refractivity contribution in [3.63, 3.8) is 0 Å². The molecule has 0 unspecified atom stereocenters. The molecular formula is C4H5N9. The molecule has 0 aliphatic heterocycles. The van der Waals surface area contributed by atoms with E-state index in [-0.39, 0.29) is 11.8 Å². The molecule has 0 radical (unpaired) electrons. The monoisotopic (exact) mass is 179 g/mol. The second kappa shape index (κ2) is 3.06. The Kier molecular flexibility index (Phi) is 1.77. The molecule has 2 heterocycles. The maximum Gasteiger partial charge on any atom is 0.276 e. The van der Waals surface area contributed by atoms with Crippen LogP contribution in [-0.4, -0.2) is 35.6 Å². The highest BCUT2D eigenvalue weighted by Gasteiger charge is 2.06. The second-order valence-electron chi connectivity index (χ2n) is 2.01. The zero-order valence-electron chi connectivity index (χ0n) is 6.34. The molecule has 0 aliphatic carbocycles. The van der Waals surface area contributed by atoms with Gasteiger partial charge in [-0.3, -0.25) is 10.5 Å². The van der Waals surface area contributed by atoms with Gasteiger partial charge in [0, 0.05) is 0 Å². The summed E-state index contributed by atoms with van der Waals surface area (Å²) >= 11 is 0. The maximum absolute atomic E-state index is 5.03. The highest BCUT2D eigenvalue weighted by atomic mass is 15.4. The lowest BCUT2D eigenvalue weighted by molar-refractivity contribution is 0.854. The number of aromatic amines is 1. The molecule has 0 bridgehead atoms. The molecule has 0 atom stereocenters. The summed E-state index contributed by atoms with van der Waals surface area (Å²) in [5.41, 5.74) is 2.20. The van der Waals surface area contributed by atoms with Gasteiger partial charge in [-0.2, -0.15) is 5.10 Å². The van der Waals surface area contributed by atoms with Gasteiger partial charge in [0.15, 0.2) is 0 Å². The van der Waals surface area contributed by atoms with E-state index in [1.165, 1.54) is 6.33 Å². The van der Waals surface area contributed by atoms with Crippen LogP contribution in [0.4, 0.5) is 5.95 Å². The van der Waals surface area contributed by atoms with Crippen molar-refractivity contribution in [1.29, 1.82) is 0 Å². The topological polar surface area (TPSA) is 131 Å². The van der Waals surface area contributed by atoms with Gasteiger partial charge in [-0.1, -0.05) is 0 Å². The van der Waals surface area contributed by atoms with Crippen LogP contribution in [0.5, 0.6) is 0 Å². The van der Waals surface area contributed by atoms with Crippen LogP contribution in [0.2, 0.25) is 0 Å². The number of hydrogen-bond acceptors (Lipinski definition) is 8. The van der Waals surface area contributed by atoms with E-state index in [1.807, 2.05) is 0 Å². The van der Waals surface area contributed by atoms with Crippen LogP contribution in [0.3, 0.4) is 0 Å². The predicted octanol–water partition coefficient (Wildman–Crippen LogP) is -1.66. The van der Waals surface area contributed by atoms with Crippen molar-refractivity contribution in [2.75, 3.05) is 5.43 Å². The zero-order chi connectivity index (χ0) is 9.10. The van der Waals surface area contributed by atoms with Crippen LogP contribution >= 0.6 is 0 Å². The minimum Gasteiger partial charge on any atom is -0.290 e. The number of nitrogens with zero attached hydrogens (tertiary/aromatic N) is 6. The molecule has 4 N–H and O–H groups in total. The number of nitrogen functional groups attached to an aromatic ring is 1. The van der Waals surface area contributed by atoms with E-state index in [1.54, 1.807) is 0 Å². The van der Waals surface area contributed by atoms with E-state index in [0.29, 0.717) is 5.82 Å². The van der Waals surface area contributed by atoms with Crippen molar-refractivity contribution >= 4 is 5.95 Å². The summed E-state index contributed by atoms with van der Waals surface area (Å²) in [6.45, 7) is 0. The average Bonchev–Trinajstić information content (AvgIpc) is 2.71. The minimum atomic E-state index is 0.138. The fraction of sp³-hybridized carbons (Fsp3) is 0. The third-order valence-corrected chi connectivity index (χ3v) is 1.22. The highest BCUT2D eigenvalue weighted by Crippen LogP contribution is 2.03. The summed E-state index contributed by atoms with van der Waals surface area (Å²) in [6, 6.07) is 0. The molecule has 0 fully saturated rings. The number of nitrogens with two attached hydrogens (primary N) is 1. The Labute approximate surface area is 71.8 Å². The van der Waals surface area contributed by atoms with Crippen molar-refractivity contribution in [3.8, 4) is 11.6 Å². The lowest BCUT2D eigenvalue weighted by atomic mass is 10.6. The van der Waals surface area contributed by atoms with E-state index < -0.39 is 0 Å². The lowest BCUT2D eigenvalue weighted by Gasteiger charge is -1.94. The lowest BCUT2D eigenvalue weighted by Crippen LogP contribution is -2.12. The number of H-pyrrole nitrogens is 1. The molecule has 0 spiro atoms. The smallest absolute Gasteiger partial charge is 0.276 e. The number of hydrogen-bond donors (Lipinski definition) is 3. The van der Waals surface area contributed by atoms with E-state index in [9.17, 15) is 0 Å². The van der Waals surface area contributed by atoms with E-state index in [2.05, 4.69) is 41.0 Å². The SMILES string of the molecule is NNc1nnc(-c2nc[nH]n2)nn1. The summed E-state index contributed by atoms with van der Waals surface area (Å²) in [6.07, 6.45) is 1.41. The first-order valence-electron chi connectivity index (χ1n) is 3.30. The molecule has 0 aromatic carbocycles. The van der Waals surface area contributed by atoms with Gasteiger partial charge in [0.05, 0.1) is 0 Å². The Morgan fingerprint density at radius 1 is 1.15 bits per heavy atom. The Hall–Kier alpha value is -2.16. The Balaban J connectivity index is 2.33. The second-order valence-corrected chi connectivity index (χ2v) is 2.01. The minimum absolute atomic E-state index is 0.138. The number of aromatic nitrogens is 7. The molecule has 2 aromatic rings. The van der Waals surface area contributed by atoms with Crippen LogP contribution in [0.1, 0.15) is 0 Å². The third kappa shape index (κ3) is 1.39. The number of rotatable bonds is 2. The van der Waals surface area contributed by atoms with E-state index in [0.717, 1.165) is 0 Å². The van der Waals surface area contributed by atoms with Gasteiger partial charge >= 0.3 is 0 Å². The maximum atomic E-state index is 5.03. The summed E-state index contributed by atoms with van der Waals surface area (Å²) in [5.74, 6) is 5.74. The van der Waals surface area contributed by atoms with Crippen molar-refractivity contribution in [2.45, 2.75) is 0 Å². The summed E-state index contributed by atoms with van der Waals surface area (Å²) in [7, 11) is 0. The molecule has 0 saturated carbocycles. The molecule has 66 valence electrons. The quantitative estimate of drug-likeness (QED) is 0.368. The molecule has 0 saturated heterocycles. The first-order chi connectivity index (χ1) is 6.40. The number of nitrogens with one attached hydrogen (secondary N) is 2. The Morgan fingerprint density at radius 2 is 1.92 bits per heavy atom. The zero-order valence-corrected chi connectivity index (χ0v) is 6.34. The fourth-order valence-corrected chi connectivity index (χ4v) is 0.693. The van der Waals surface area contributed by atoms with Crippen LogP contribution in [0.25, 0.3) is 11.6 Å². The molecule has 2 rings (SSSR count). The largest absolute Gasteiger partial charge is 0.290 e. The highest BCUT2D eigenvalue weighted by molar-refractivity contribution is 5.39. The van der Waals surface area contributed by atoms with Crippen LogP contribution in [-0.2, 0) is 0 Å². The molecule has 0 aliphatic rings. The van der Waals surface area contributed by atoms with Crippen LogP contribution in [0.15, 0.2) is 6.33 Å². The van der Waals surface area contributed by atoms with Crippen molar-refractivity contribution in [3.05, 3.63) is 6.33 Å². The first kappa shape index (κ1) is 7.49. The summed E-state index contributed by atoms with van der Waals surface area (Å²) in [4.78, 5) is 3.82. The van der Waals surface area contributed by atoms with E-state index in [4.69, 9.17) is 5.84 Å². The van der Waals surface area contributed by atoms with Gasteiger partial charge in [-0.25, -0.2) is 10.8 Å². The van der Waals surface area contributed by atoms with Gasteiger partial charge in [0.2, 0.25) is 11.6 Å².